The summed E-state index contributed by atoms with van der Waals surface area (Å²) in [6, 6.07) is 24.0. The fourth-order valence-corrected chi connectivity index (χ4v) is 5.32. The van der Waals surface area contributed by atoms with Gasteiger partial charge in [0.25, 0.3) is 0 Å². The lowest BCUT2D eigenvalue weighted by atomic mass is 9.71. The van der Waals surface area contributed by atoms with Crippen molar-refractivity contribution in [1.82, 2.24) is 9.88 Å². The van der Waals surface area contributed by atoms with Crippen LogP contribution >= 0.6 is 22.9 Å². The van der Waals surface area contributed by atoms with Crippen LogP contribution in [0.1, 0.15) is 29.0 Å². The normalized spacial score (nSPS) is 14.4. The molecule has 1 N–H and O–H groups in total. The third-order valence-corrected chi connectivity index (χ3v) is 6.97. The van der Waals surface area contributed by atoms with Crippen molar-refractivity contribution in [1.29, 1.82) is 0 Å². The molecule has 166 valence electrons. The van der Waals surface area contributed by atoms with Crippen molar-refractivity contribution >= 4 is 33.2 Å². The van der Waals surface area contributed by atoms with Gasteiger partial charge in [-0.15, -0.1) is 11.3 Å². The highest BCUT2D eigenvalue weighted by Crippen LogP contribution is 2.47. The number of aliphatic hydroxyl groups is 1. The molecule has 2 aromatic heterocycles. The van der Waals surface area contributed by atoms with Gasteiger partial charge in [-0.05, 0) is 43.8 Å². The monoisotopic (exact) mass is 466 g/mol. The minimum Gasteiger partial charge on any atom is -0.481 e. The van der Waals surface area contributed by atoms with E-state index in [1.165, 1.54) is 11.3 Å². The minimum atomic E-state index is -1.19. The zero-order valence-electron chi connectivity index (χ0n) is 18.5. The number of ether oxygens (including phenoxy) is 1. The van der Waals surface area contributed by atoms with Gasteiger partial charge in [-0.2, -0.15) is 0 Å². The van der Waals surface area contributed by atoms with Crippen LogP contribution in [0.5, 0.6) is 5.88 Å². The van der Waals surface area contributed by atoms with Crippen LogP contribution in [0.3, 0.4) is 0 Å². The number of pyridine rings is 1. The molecule has 2 aromatic carbocycles. The van der Waals surface area contributed by atoms with E-state index in [2.05, 4.69) is 23.1 Å². The Bertz CT molecular complexity index is 1180. The van der Waals surface area contributed by atoms with Gasteiger partial charge in [0.15, 0.2) is 0 Å². The van der Waals surface area contributed by atoms with Gasteiger partial charge < -0.3 is 14.7 Å². The molecule has 0 spiro atoms. The van der Waals surface area contributed by atoms with E-state index >= 15 is 0 Å². The standard InChI is InChI=1S/C26H27ClN2O2S/c1-29(2)15-14-26(30,20-12-8-5-9-13-20)23(18-10-6-4-7-11-18)21-16-19-17-22(27)32-25(19)28-24(21)31-3/h4-13,16-17,23,30H,14-15H2,1-3H3. The fraction of sp³-hybridized carbons (Fsp3) is 0.269. The number of thiophene rings is 1. The quantitative estimate of drug-likeness (QED) is 0.349. The maximum atomic E-state index is 12.5. The van der Waals surface area contributed by atoms with Crippen molar-refractivity contribution in [3.63, 3.8) is 0 Å². The summed E-state index contributed by atoms with van der Waals surface area (Å²) in [5.74, 6) is 0.112. The fourth-order valence-electron chi connectivity index (χ4n) is 4.25. The number of aromatic nitrogens is 1. The lowest BCUT2D eigenvalue weighted by Crippen LogP contribution is -2.37. The van der Waals surface area contributed by atoms with Crippen molar-refractivity contribution in [3.8, 4) is 5.88 Å². The summed E-state index contributed by atoms with van der Waals surface area (Å²) in [4.78, 5) is 7.66. The lowest BCUT2D eigenvalue weighted by molar-refractivity contribution is 0.00381. The second kappa shape index (κ2) is 9.59. The van der Waals surface area contributed by atoms with Gasteiger partial charge in [0.2, 0.25) is 5.88 Å². The van der Waals surface area contributed by atoms with E-state index in [0.29, 0.717) is 16.6 Å². The van der Waals surface area contributed by atoms with Crippen molar-refractivity contribution in [3.05, 3.63) is 93.8 Å². The number of hydrogen-bond acceptors (Lipinski definition) is 5. The first-order valence-corrected chi connectivity index (χ1v) is 11.7. The molecule has 0 saturated heterocycles. The first kappa shape index (κ1) is 22.7. The van der Waals surface area contributed by atoms with Crippen LogP contribution in [-0.4, -0.2) is 42.7 Å². The molecule has 4 rings (SSSR count). The summed E-state index contributed by atoms with van der Waals surface area (Å²) in [6.45, 7) is 0.719. The van der Waals surface area contributed by atoms with Crippen LogP contribution in [0.25, 0.3) is 10.2 Å². The van der Waals surface area contributed by atoms with E-state index in [4.69, 9.17) is 21.3 Å². The highest BCUT2D eigenvalue weighted by Gasteiger charge is 2.42. The van der Waals surface area contributed by atoms with Crippen LogP contribution in [0, 0.1) is 0 Å². The molecule has 0 saturated carbocycles. The van der Waals surface area contributed by atoms with Crippen LogP contribution in [-0.2, 0) is 5.60 Å². The molecule has 0 radical (unpaired) electrons. The number of hydrogen-bond donors (Lipinski definition) is 1. The number of benzene rings is 2. The highest BCUT2D eigenvalue weighted by molar-refractivity contribution is 7.22. The van der Waals surface area contributed by atoms with Gasteiger partial charge in [0.1, 0.15) is 10.4 Å². The van der Waals surface area contributed by atoms with Gasteiger partial charge in [0.05, 0.1) is 11.4 Å². The summed E-state index contributed by atoms with van der Waals surface area (Å²) in [7, 11) is 5.66. The summed E-state index contributed by atoms with van der Waals surface area (Å²) >= 11 is 7.70. The topological polar surface area (TPSA) is 45.6 Å². The maximum Gasteiger partial charge on any atom is 0.218 e. The Morgan fingerprint density at radius 3 is 2.34 bits per heavy atom. The zero-order valence-corrected chi connectivity index (χ0v) is 20.0. The molecular formula is C26H27ClN2O2S. The molecule has 2 heterocycles. The van der Waals surface area contributed by atoms with E-state index < -0.39 is 11.5 Å². The van der Waals surface area contributed by atoms with Crippen molar-refractivity contribution in [2.24, 2.45) is 0 Å². The summed E-state index contributed by atoms with van der Waals surface area (Å²) < 4.78 is 6.43. The molecule has 2 unspecified atom stereocenters. The average molecular weight is 467 g/mol. The van der Waals surface area contributed by atoms with Crippen LogP contribution < -0.4 is 4.74 Å². The molecular weight excluding hydrogens is 440 g/mol. The van der Waals surface area contributed by atoms with Crippen LogP contribution in [0.15, 0.2) is 72.8 Å². The highest BCUT2D eigenvalue weighted by atomic mass is 35.5. The summed E-state index contributed by atoms with van der Waals surface area (Å²) in [5.41, 5.74) is 1.51. The Labute approximate surface area is 198 Å². The largest absolute Gasteiger partial charge is 0.481 e. The molecule has 0 fully saturated rings. The van der Waals surface area contributed by atoms with Gasteiger partial charge >= 0.3 is 0 Å². The van der Waals surface area contributed by atoms with Crippen LogP contribution in [0.2, 0.25) is 4.34 Å². The lowest BCUT2D eigenvalue weighted by Gasteiger charge is -2.38. The third-order valence-electron chi connectivity index (χ3n) is 5.80. The van der Waals surface area contributed by atoms with E-state index in [0.717, 1.165) is 33.5 Å². The third kappa shape index (κ3) is 4.52. The minimum absolute atomic E-state index is 0.392. The van der Waals surface area contributed by atoms with E-state index in [1.54, 1.807) is 7.11 Å². The van der Waals surface area contributed by atoms with Gasteiger partial charge in [-0.3, -0.25) is 0 Å². The molecule has 0 amide bonds. The molecule has 4 aromatic rings. The predicted octanol–water partition coefficient (Wildman–Crippen LogP) is 5.93. The average Bonchev–Trinajstić information content (AvgIpc) is 3.17. The first-order valence-electron chi connectivity index (χ1n) is 10.5. The Morgan fingerprint density at radius 1 is 1.06 bits per heavy atom. The molecule has 6 heteroatoms. The molecule has 0 aliphatic heterocycles. The smallest absolute Gasteiger partial charge is 0.218 e. The summed E-state index contributed by atoms with van der Waals surface area (Å²) in [5, 5.41) is 13.4. The van der Waals surface area contributed by atoms with Crippen molar-refractivity contribution < 1.29 is 9.84 Å². The zero-order chi connectivity index (χ0) is 22.7. The second-order valence-corrected chi connectivity index (χ2v) is 9.88. The predicted molar refractivity (Wildman–Crippen MR) is 133 cm³/mol. The van der Waals surface area contributed by atoms with Crippen molar-refractivity contribution in [2.45, 2.75) is 17.9 Å². The summed E-state index contributed by atoms with van der Waals surface area (Å²) in [6.07, 6.45) is 0.537. The number of halogens is 1. The number of nitrogens with zero attached hydrogens (tertiary/aromatic N) is 2. The second-order valence-electron chi connectivity index (χ2n) is 8.22. The molecule has 0 aliphatic carbocycles. The Kier molecular flexibility index (Phi) is 6.82. The first-order chi connectivity index (χ1) is 15.4. The van der Waals surface area contributed by atoms with Crippen molar-refractivity contribution in [2.75, 3.05) is 27.7 Å². The molecule has 4 nitrogen and oxygen atoms in total. The SMILES string of the molecule is COc1nc2sc(Cl)cc2cc1C(c1ccccc1)C(O)(CCN(C)C)c1ccccc1. The Morgan fingerprint density at radius 2 is 1.72 bits per heavy atom. The van der Waals surface area contributed by atoms with Gasteiger partial charge in [-0.25, -0.2) is 4.98 Å². The number of fused-ring (bicyclic) bond motifs is 1. The number of rotatable bonds is 8. The molecule has 0 bridgehead atoms. The van der Waals surface area contributed by atoms with E-state index in [9.17, 15) is 5.11 Å². The van der Waals surface area contributed by atoms with Gasteiger partial charge in [-0.1, -0.05) is 72.3 Å². The maximum absolute atomic E-state index is 12.5. The van der Waals surface area contributed by atoms with Gasteiger partial charge in [0, 0.05) is 23.4 Å². The van der Waals surface area contributed by atoms with Crippen LogP contribution in [0.4, 0.5) is 0 Å². The van der Waals surface area contributed by atoms with E-state index in [-0.39, 0.29) is 0 Å². The number of methoxy groups -OCH3 is 1. The Hall–Kier alpha value is -2.44. The Balaban J connectivity index is 1.99. The van der Waals surface area contributed by atoms with E-state index in [1.807, 2.05) is 68.7 Å². The molecule has 32 heavy (non-hydrogen) atoms. The molecule has 0 aliphatic rings. The molecule has 2 atom stereocenters.